The molecule has 5 nitrogen and oxygen atoms in total. The van der Waals surface area contributed by atoms with E-state index in [-0.39, 0.29) is 6.04 Å². The van der Waals surface area contributed by atoms with Crippen LogP contribution in [-0.4, -0.2) is 41.2 Å². The molecule has 4 rings (SSSR count). The van der Waals surface area contributed by atoms with Gasteiger partial charge in [-0.15, -0.1) is 0 Å². The molecule has 5 heteroatoms. The van der Waals surface area contributed by atoms with Gasteiger partial charge in [0.05, 0.1) is 11.4 Å². The van der Waals surface area contributed by atoms with Gasteiger partial charge in [0, 0.05) is 43.9 Å². The second-order valence-corrected chi connectivity index (χ2v) is 6.83. The molecule has 1 saturated heterocycles. The molecule has 2 aromatic rings. The third-order valence-electron chi connectivity index (χ3n) is 5.01. The lowest BCUT2D eigenvalue weighted by molar-refractivity contribution is 0.0903. The molecule has 0 radical (unpaired) electrons. The van der Waals surface area contributed by atoms with Crippen LogP contribution in [0.2, 0.25) is 0 Å². The highest BCUT2D eigenvalue weighted by molar-refractivity contribution is 5.48. The zero-order valence-corrected chi connectivity index (χ0v) is 14.8. The number of fused-ring (bicyclic) bond motifs is 1. The summed E-state index contributed by atoms with van der Waals surface area (Å²) in [6.45, 7) is 3.77. The largest absolute Gasteiger partial charge is 0.381 e. The van der Waals surface area contributed by atoms with Gasteiger partial charge in [-0.05, 0) is 37.0 Å². The van der Waals surface area contributed by atoms with Gasteiger partial charge < -0.3 is 15.0 Å². The maximum absolute atomic E-state index is 5.41. The summed E-state index contributed by atoms with van der Waals surface area (Å²) >= 11 is 0. The van der Waals surface area contributed by atoms with E-state index in [2.05, 4.69) is 65.7 Å². The van der Waals surface area contributed by atoms with Crippen molar-refractivity contribution in [3.63, 3.8) is 0 Å². The van der Waals surface area contributed by atoms with E-state index >= 15 is 0 Å². The van der Waals surface area contributed by atoms with Crippen LogP contribution in [0, 0.1) is 6.92 Å². The number of nitrogens with one attached hydrogen (secondary N) is 1. The van der Waals surface area contributed by atoms with E-state index in [9.17, 15) is 0 Å². The van der Waals surface area contributed by atoms with Gasteiger partial charge >= 0.3 is 0 Å². The molecular weight excluding hydrogens is 312 g/mol. The Kier molecular flexibility index (Phi) is 4.40. The van der Waals surface area contributed by atoms with Crippen molar-refractivity contribution in [2.75, 3.05) is 25.6 Å². The molecule has 130 valence electrons. The minimum Gasteiger partial charge on any atom is -0.381 e. The summed E-state index contributed by atoms with van der Waals surface area (Å²) in [5.41, 5.74) is 2.61. The predicted octanol–water partition coefficient (Wildman–Crippen LogP) is 1.58. The molecule has 0 saturated carbocycles. The molecule has 1 atom stereocenters. The Balaban J connectivity index is 1.63. The molecule has 0 spiro atoms. The second kappa shape index (κ2) is 6.84. The number of aromatic nitrogens is 2. The fraction of sp³-hybridized carbons (Fsp3) is 0.400. The molecule has 1 N–H and O–H groups in total. The molecule has 0 bridgehead atoms. The number of aryl methyl sites for hydroxylation is 1. The Labute approximate surface area is 148 Å². The first kappa shape index (κ1) is 16.1. The molecule has 3 heterocycles. The Bertz CT molecular complexity index is 874. The fourth-order valence-corrected chi connectivity index (χ4v) is 3.52. The zero-order chi connectivity index (χ0) is 17.2. The van der Waals surface area contributed by atoms with Crippen molar-refractivity contribution in [1.29, 1.82) is 0 Å². The number of hydrogen-bond acceptors (Lipinski definition) is 5. The van der Waals surface area contributed by atoms with Crippen LogP contribution in [0.15, 0.2) is 30.5 Å². The molecule has 1 aromatic heterocycles. The van der Waals surface area contributed by atoms with Crippen molar-refractivity contribution in [1.82, 2.24) is 14.9 Å². The topological polar surface area (TPSA) is 50.3 Å². The van der Waals surface area contributed by atoms with Gasteiger partial charge in [0.1, 0.15) is 0 Å². The highest BCUT2D eigenvalue weighted by Gasteiger charge is 2.18. The summed E-state index contributed by atoms with van der Waals surface area (Å²) in [6, 6.07) is 9.13. The van der Waals surface area contributed by atoms with E-state index in [0.717, 1.165) is 36.6 Å². The number of hydrogen-bond donors (Lipinski definition) is 1. The van der Waals surface area contributed by atoms with Gasteiger partial charge in [-0.1, -0.05) is 24.3 Å². The number of ether oxygens (including phenoxy) is 1. The van der Waals surface area contributed by atoms with E-state index in [4.69, 9.17) is 9.72 Å². The van der Waals surface area contributed by atoms with Gasteiger partial charge in [-0.25, -0.2) is 9.97 Å². The van der Waals surface area contributed by atoms with Gasteiger partial charge in [0.25, 0.3) is 0 Å². The van der Waals surface area contributed by atoms with Crippen LogP contribution in [-0.2, 0) is 4.74 Å². The van der Waals surface area contributed by atoms with Crippen LogP contribution in [0.25, 0.3) is 12.3 Å². The van der Waals surface area contributed by atoms with Gasteiger partial charge in [0.2, 0.25) is 5.95 Å². The molecular formula is C20H24N4O. The first-order valence-electron chi connectivity index (χ1n) is 8.89. The third-order valence-corrected chi connectivity index (χ3v) is 5.01. The lowest BCUT2D eigenvalue weighted by Crippen LogP contribution is -2.39. The zero-order valence-electron chi connectivity index (χ0n) is 14.8. The Morgan fingerprint density at radius 1 is 1.20 bits per heavy atom. The predicted molar refractivity (Wildman–Crippen MR) is 99.4 cm³/mol. The van der Waals surface area contributed by atoms with E-state index in [0.29, 0.717) is 12.0 Å². The Hall–Kier alpha value is -2.40. The summed E-state index contributed by atoms with van der Waals surface area (Å²) in [4.78, 5) is 11.5. The first-order valence-corrected chi connectivity index (χ1v) is 8.89. The summed E-state index contributed by atoms with van der Waals surface area (Å²) in [6.07, 6.45) is 8.30. The minimum absolute atomic E-state index is 0.214. The van der Waals surface area contributed by atoms with E-state index in [1.807, 2.05) is 6.20 Å². The quantitative estimate of drug-likeness (QED) is 0.922. The average Bonchev–Trinajstić information content (AvgIpc) is 2.63. The summed E-state index contributed by atoms with van der Waals surface area (Å²) < 4.78 is 5.41. The number of rotatable bonds is 3. The smallest absolute Gasteiger partial charge is 0.223 e. The maximum Gasteiger partial charge on any atom is 0.223 e. The molecule has 2 aliphatic rings. The van der Waals surface area contributed by atoms with Crippen LogP contribution in [0.3, 0.4) is 0 Å². The van der Waals surface area contributed by atoms with Crippen molar-refractivity contribution < 1.29 is 4.74 Å². The molecule has 1 fully saturated rings. The van der Waals surface area contributed by atoms with Crippen LogP contribution < -0.4 is 15.9 Å². The van der Waals surface area contributed by atoms with E-state index in [1.165, 1.54) is 11.1 Å². The normalized spacial score (nSPS) is 20.4. The van der Waals surface area contributed by atoms with Crippen molar-refractivity contribution in [2.24, 2.45) is 0 Å². The lowest BCUT2D eigenvalue weighted by atomic mass is 9.98. The monoisotopic (exact) mass is 336 g/mol. The van der Waals surface area contributed by atoms with Gasteiger partial charge in [-0.2, -0.15) is 0 Å². The van der Waals surface area contributed by atoms with Crippen molar-refractivity contribution in [3.05, 3.63) is 52.2 Å². The molecule has 25 heavy (non-hydrogen) atoms. The van der Waals surface area contributed by atoms with E-state index < -0.39 is 0 Å². The van der Waals surface area contributed by atoms with Gasteiger partial charge in [0.15, 0.2) is 0 Å². The molecule has 0 amide bonds. The fourth-order valence-electron chi connectivity index (χ4n) is 3.52. The second-order valence-electron chi connectivity index (χ2n) is 6.83. The van der Waals surface area contributed by atoms with Crippen molar-refractivity contribution in [3.8, 4) is 0 Å². The van der Waals surface area contributed by atoms with Crippen LogP contribution in [0.1, 0.15) is 30.0 Å². The van der Waals surface area contributed by atoms with Crippen molar-refractivity contribution in [2.45, 2.75) is 31.8 Å². The molecule has 2 aliphatic heterocycles. The first-order chi connectivity index (χ1) is 12.2. The lowest BCUT2D eigenvalue weighted by Gasteiger charge is -2.28. The maximum atomic E-state index is 5.41. The summed E-state index contributed by atoms with van der Waals surface area (Å²) in [7, 11) is 2.10. The minimum atomic E-state index is 0.214. The average molecular weight is 336 g/mol. The van der Waals surface area contributed by atoms with Crippen LogP contribution >= 0.6 is 0 Å². The highest BCUT2D eigenvalue weighted by Crippen LogP contribution is 2.25. The van der Waals surface area contributed by atoms with Crippen LogP contribution in [0.5, 0.6) is 0 Å². The number of anilines is 1. The Morgan fingerprint density at radius 3 is 2.80 bits per heavy atom. The molecule has 1 unspecified atom stereocenters. The molecule has 0 aliphatic carbocycles. The van der Waals surface area contributed by atoms with E-state index in [1.54, 1.807) is 0 Å². The standard InChI is InChI=1S/C20H24N4O/c1-14-5-3-4-6-17(14)19-11-15-12-21-20(23-18(15)13-24(19)2)22-16-7-9-25-10-8-16/h3-6,11-13,16,19H,7-10H2,1-2H3,(H,22,23). The SMILES string of the molecule is Cc1ccccc1C1C=c2cnc(NC3CCOCC3)nc2=CN1C. The third kappa shape index (κ3) is 3.37. The highest BCUT2D eigenvalue weighted by atomic mass is 16.5. The summed E-state index contributed by atoms with van der Waals surface area (Å²) in [5.74, 6) is 0.707. The van der Waals surface area contributed by atoms with Crippen LogP contribution in [0.4, 0.5) is 5.95 Å². The van der Waals surface area contributed by atoms with Crippen molar-refractivity contribution >= 4 is 18.2 Å². The molecule has 1 aromatic carbocycles. The number of benzene rings is 1. The van der Waals surface area contributed by atoms with Gasteiger partial charge in [-0.3, -0.25) is 0 Å². The Morgan fingerprint density at radius 2 is 2.00 bits per heavy atom. The summed E-state index contributed by atoms with van der Waals surface area (Å²) in [5, 5.41) is 5.50. The number of nitrogens with zero attached hydrogens (tertiary/aromatic N) is 3.